The highest BCUT2D eigenvalue weighted by Gasteiger charge is 2.11. The van der Waals surface area contributed by atoms with Crippen molar-refractivity contribution in [2.24, 2.45) is 7.05 Å². The third-order valence-corrected chi connectivity index (χ3v) is 2.67. The fraction of sp³-hybridized carbons (Fsp3) is 0.308. The molecule has 0 fully saturated rings. The van der Waals surface area contributed by atoms with Crippen LogP contribution >= 0.6 is 0 Å². The van der Waals surface area contributed by atoms with Crippen LogP contribution in [0.5, 0.6) is 5.75 Å². The van der Waals surface area contributed by atoms with Crippen LogP contribution in [0.3, 0.4) is 0 Å². The van der Waals surface area contributed by atoms with Gasteiger partial charge in [-0.15, -0.1) is 10.2 Å². The Morgan fingerprint density at radius 3 is 2.83 bits per heavy atom. The van der Waals surface area contributed by atoms with Crippen LogP contribution in [-0.2, 0) is 13.7 Å². The van der Waals surface area contributed by atoms with Crippen molar-refractivity contribution in [1.82, 2.24) is 14.8 Å². The lowest BCUT2D eigenvalue weighted by atomic mass is 10.1. The van der Waals surface area contributed by atoms with Crippen molar-refractivity contribution in [2.45, 2.75) is 20.0 Å². The number of aromatic nitrogens is 3. The molecule has 1 aromatic carbocycles. The molecule has 0 N–H and O–H groups in total. The van der Waals surface area contributed by atoms with Crippen molar-refractivity contribution in [3.05, 3.63) is 42.0 Å². The van der Waals surface area contributed by atoms with E-state index in [4.69, 9.17) is 4.74 Å². The molecule has 1 heterocycles. The minimum absolute atomic E-state index is 0.0727. The molecular formula is C13H15N3O2. The molecule has 1 aromatic heterocycles. The van der Waals surface area contributed by atoms with Gasteiger partial charge < -0.3 is 9.30 Å². The fourth-order valence-corrected chi connectivity index (χ4v) is 1.59. The summed E-state index contributed by atoms with van der Waals surface area (Å²) in [6, 6.07) is 7.24. The number of carbonyl (C=O) groups is 1. The summed E-state index contributed by atoms with van der Waals surface area (Å²) in [5.74, 6) is 1.38. The second kappa shape index (κ2) is 5.44. The fourth-order valence-electron chi connectivity index (χ4n) is 1.59. The van der Waals surface area contributed by atoms with E-state index < -0.39 is 0 Å². The van der Waals surface area contributed by atoms with E-state index in [2.05, 4.69) is 10.2 Å². The predicted molar refractivity (Wildman–Crippen MR) is 66.4 cm³/mol. The van der Waals surface area contributed by atoms with Crippen molar-refractivity contribution in [1.29, 1.82) is 0 Å². The van der Waals surface area contributed by atoms with Gasteiger partial charge in [0.2, 0.25) is 0 Å². The van der Waals surface area contributed by atoms with E-state index in [9.17, 15) is 4.79 Å². The number of hydrogen-bond acceptors (Lipinski definition) is 4. The Kier molecular flexibility index (Phi) is 3.72. The van der Waals surface area contributed by atoms with Gasteiger partial charge in [0, 0.05) is 13.5 Å². The summed E-state index contributed by atoms with van der Waals surface area (Å²) in [7, 11) is 1.85. The SMILES string of the molecule is CCC(=O)c1ccccc1OCc1nncn1C. The Labute approximate surface area is 105 Å². The number of Topliss-reactive ketones (excluding diaryl/α,β-unsaturated/α-hetero) is 1. The third-order valence-electron chi connectivity index (χ3n) is 2.67. The molecule has 94 valence electrons. The number of ketones is 1. The minimum atomic E-state index is 0.0727. The Morgan fingerprint density at radius 2 is 2.17 bits per heavy atom. The number of nitrogens with zero attached hydrogens (tertiary/aromatic N) is 3. The Balaban J connectivity index is 2.14. The summed E-state index contributed by atoms with van der Waals surface area (Å²) in [4.78, 5) is 11.7. The van der Waals surface area contributed by atoms with Gasteiger partial charge in [-0.25, -0.2) is 0 Å². The number of rotatable bonds is 5. The second-order valence-corrected chi connectivity index (χ2v) is 3.92. The first kappa shape index (κ1) is 12.3. The largest absolute Gasteiger partial charge is 0.485 e. The van der Waals surface area contributed by atoms with Gasteiger partial charge in [0.25, 0.3) is 0 Å². The van der Waals surface area contributed by atoms with Crippen LogP contribution in [-0.4, -0.2) is 20.5 Å². The molecular weight excluding hydrogens is 230 g/mol. The standard InChI is InChI=1S/C13H15N3O2/c1-3-11(17)10-6-4-5-7-12(10)18-8-13-15-14-9-16(13)2/h4-7,9H,3,8H2,1-2H3. The maximum Gasteiger partial charge on any atom is 0.170 e. The Hall–Kier alpha value is -2.17. The second-order valence-electron chi connectivity index (χ2n) is 3.92. The Bertz CT molecular complexity index is 549. The van der Waals surface area contributed by atoms with Crippen molar-refractivity contribution in [2.75, 3.05) is 0 Å². The molecule has 0 saturated heterocycles. The lowest BCUT2D eigenvalue weighted by Gasteiger charge is -2.09. The van der Waals surface area contributed by atoms with E-state index in [1.165, 1.54) is 0 Å². The number of para-hydroxylation sites is 1. The molecule has 0 bridgehead atoms. The number of benzene rings is 1. The summed E-state index contributed by atoms with van der Waals surface area (Å²) < 4.78 is 7.42. The first-order valence-electron chi connectivity index (χ1n) is 5.80. The zero-order chi connectivity index (χ0) is 13.0. The smallest absolute Gasteiger partial charge is 0.170 e. The third kappa shape index (κ3) is 2.56. The average Bonchev–Trinajstić information content (AvgIpc) is 2.81. The Morgan fingerprint density at radius 1 is 1.39 bits per heavy atom. The molecule has 0 unspecified atom stereocenters. The molecule has 5 heteroatoms. The van der Waals surface area contributed by atoms with Gasteiger partial charge in [0.1, 0.15) is 18.7 Å². The van der Waals surface area contributed by atoms with Crippen molar-refractivity contribution in [3.63, 3.8) is 0 Å². The molecule has 0 aliphatic rings. The van der Waals surface area contributed by atoms with E-state index in [-0.39, 0.29) is 5.78 Å². The number of aryl methyl sites for hydroxylation is 1. The normalized spacial score (nSPS) is 10.3. The molecule has 0 amide bonds. The van der Waals surface area contributed by atoms with E-state index in [0.717, 1.165) is 0 Å². The van der Waals surface area contributed by atoms with Crippen molar-refractivity contribution in [3.8, 4) is 5.75 Å². The molecule has 0 aliphatic heterocycles. The summed E-state index contributed by atoms with van der Waals surface area (Å²) >= 11 is 0. The van der Waals surface area contributed by atoms with E-state index >= 15 is 0 Å². The van der Waals surface area contributed by atoms with Crippen LogP contribution in [0.25, 0.3) is 0 Å². The molecule has 0 aliphatic carbocycles. The summed E-state index contributed by atoms with van der Waals surface area (Å²) in [5, 5.41) is 7.70. The molecule has 0 saturated carbocycles. The first-order chi connectivity index (χ1) is 8.72. The molecule has 2 aromatic rings. The summed E-state index contributed by atoms with van der Waals surface area (Å²) in [5.41, 5.74) is 0.613. The molecule has 2 rings (SSSR count). The van der Waals surface area contributed by atoms with Crippen LogP contribution in [0.2, 0.25) is 0 Å². The van der Waals surface area contributed by atoms with Crippen molar-refractivity contribution >= 4 is 5.78 Å². The van der Waals surface area contributed by atoms with Crippen molar-refractivity contribution < 1.29 is 9.53 Å². The van der Waals surface area contributed by atoms with Crippen LogP contribution in [0.15, 0.2) is 30.6 Å². The minimum Gasteiger partial charge on any atom is -0.485 e. The van der Waals surface area contributed by atoms with Gasteiger partial charge in [0.05, 0.1) is 5.56 Å². The van der Waals surface area contributed by atoms with Gasteiger partial charge >= 0.3 is 0 Å². The van der Waals surface area contributed by atoms with Crippen LogP contribution < -0.4 is 4.74 Å². The molecule has 0 radical (unpaired) electrons. The topological polar surface area (TPSA) is 57.0 Å². The highest BCUT2D eigenvalue weighted by molar-refractivity contribution is 5.98. The average molecular weight is 245 g/mol. The molecule has 5 nitrogen and oxygen atoms in total. The number of hydrogen-bond donors (Lipinski definition) is 0. The maximum atomic E-state index is 11.7. The number of ether oxygens (including phenoxy) is 1. The van der Waals surface area contributed by atoms with Crippen LogP contribution in [0.1, 0.15) is 29.5 Å². The highest BCUT2D eigenvalue weighted by Crippen LogP contribution is 2.20. The number of carbonyl (C=O) groups excluding carboxylic acids is 1. The van der Waals surface area contributed by atoms with Gasteiger partial charge in [-0.3, -0.25) is 4.79 Å². The summed E-state index contributed by atoms with van der Waals surface area (Å²) in [6.07, 6.45) is 2.08. The first-order valence-corrected chi connectivity index (χ1v) is 5.80. The summed E-state index contributed by atoms with van der Waals surface area (Å²) in [6.45, 7) is 2.13. The van der Waals surface area contributed by atoms with Gasteiger partial charge in [-0.1, -0.05) is 19.1 Å². The van der Waals surface area contributed by atoms with Crippen LogP contribution in [0.4, 0.5) is 0 Å². The quantitative estimate of drug-likeness (QED) is 0.756. The predicted octanol–water partition coefficient (Wildman–Crippen LogP) is 1.99. The molecule has 0 atom stereocenters. The zero-order valence-electron chi connectivity index (χ0n) is 10.5. The van der Waals surface area contributed by atoms with Gasteiger partial charge in [-0.05, 0) is 12.1 Å². The molecule has 18 heavy (non-hydrogen) atoms. The van der Waals surface area contributed by atoms with E-state index in [0.29, 0.717) is 30.2 Å². The van der Waals surface area contributed by atoms with Gasteiger partial charge in [0.15, 0.2) is 11.6 Å². The lowest BCUT2D eigenvalue weighted by Crippen LogP contribution is -2.06. The zero-order valence-corrected chi connectivity index (χ0v) is 10.5. The van der Waals surface area contributed by atoms with E-state index in [1.807, 2.05) is 26.1 Å². The molecule has 0 spiro atoms. The van der Waals surface area contributed by atoms with Gasteiger partial charge in [-0.2, -0.15) is 0 Å². The van der Waals surface area contributed by atoms with Crippen LogP contribution in [0, 0.1) is 0 Å². The highest BCUT2D eigenvalue weighted by atomic mass is 16.5. The lowest BCUT2D eigenvalue weighted by molar-refractivity contribution is 0.0983. The maximum absolute atomic E-state index is 11.7. The van der Waals surface area contributed by atoms with E-state index in [1.54, 1.807) is 23.0 Å². The monoisotopic (exact) mass is 245 g/mol.